The van der Waals surface area contributed by atoms with Crippen LogP contribution >= 0.6 is 11.8 Å². The van der Waals surface area contributed by atoms with Gasteiger partial charge < -0.3 is 18.1 Å². The van der Waals surface area contributed by atoms with Crippen molar-refractivity contribution in [2.75, 3.05) is 5.75 Å². The van der Waals surface area contributed by atoms with Gasteiger partial charge in [-0.2, -0.15) is 0 Å². The fraction of sp³-hybridized carbons (Fsp3) is 0.261. The lowest BCUT2D eigenvalue weighted by Crippen LogP contribution is -2.07. The Balaban J connectivity index is 1.38. The van der Waals surface area contributed by atoms with Gasteiger partial charge in [-0.1, -0.05) is 23.9 Å². The fourth-order valence-corrected chi connectivity index (χ4v) is 3.97. The highest BCUT2D eigenvalue weighted by atomic mass is 32.2. The number of hydrogen-bond donors (Lipinski definition) is 0. The topological polar surface area (TPSA) is 83.3 Å². The lowest BCUT2D eigenvalue weighted by Gasteiger charge is -2.11. The van der Waals surface area contributed by atoms with Crippen LogP contribution in [0, 0.1) is 19.7 Å². The second kappa shape index (κ2) is 9.44. The van der Waals surface area contributed by atoms with Gasteiger partial charge in [-0.3, -0.25) is 4.79 Å². The number of rotatable bonds is 9. The van der Waals surface area contributed by atoms with Gasteiger partial charge >= 0.3 is 0 Å². The van der Waals surface area contributed by atoms with E-state index in [2.05, 4.69) is 10.2 Å². The third kappa shape index (κ3) is 4.77. The van der Waals surface area contributed by atoms with Gasteiger partial charge in [0, 0.05) is 17.0 Å². The van der Waals surface area contributed by atoms with Gasteiger partial charge in [0.05, 0.1) is 18.6 Å². The number of benzene rings is 1. The zero-order chi connectivity index (χ0) is 22.7. The summed E-state index contributed by atoms with van der Waals surface area (Å²) < 4.78 is 32.4. The fourth-order valence-electron chi connectivity index (χ4n) is 3.31. The maximum atomic E-state index is 13.8. The van der Waals surface area contributed by atoms with Crippen molar-refractivity contribution in [2.45, 2.75) is 38.6 Å². The summed E-state index contributed by atoms with van der Waals surface area (Å²) in [4.78, 5) is 12.8. The molecular weight excluding hydrogens is 433 g/mol. The number of furan rings is 1. The van der Waals surface area contributed by atoms with Gasteiger partial charge in [-0.25, -0.2) is 4.39 Å². The number of aromatic nitrogens is 3. The molecule has 3 heterocycles. The van der Waals surface area contributed by atoms with E-state index in [-0.39, 0.29) is 28.4 Å². The first-order valence-electron chi connectivity index (χ1n) is 10.0. The largest absolute Gasteiger partial charge is 0.478 e. The molecule has 9 heteroatoms. The highest BCUT2D eigenvalue weighted by Gasteiger charge is 2.20. The molecule has 0 aliphatic carbocycles. The standard InChI is InChI=1S/C23H22FN3O4S/c1-14-11-18(15(2)27(14)12-17-7-6-10-29-17)20(28)13-32-23-26-25-22(31-23)16(3)30-21-9-5-4-8-19(21)24/h4-11,16H,12-13H2,1-3H3/t16-/m0/s1. The molecule has 0 spiro atoms. The summed E-state index contributed by atoms with van der Waals surface area (Å²) in [6.45, 7) is 6.13. The average molecular weight is 456 g/mol. The summed E-state index contributed by atoms with van der Waals surface area (Å²) in [5, 5.41) is 8.18. The van der Waals surface area contributed by atoms with Crippen molar-refractivity contribution in [2.24, 2.45) is 0 Å². The Hall–Kier alpha value is -3.33. The number of hydrogen-bond acceptors (Lipinski definition) is 7. The number of ketones is 1. The molecule has 0 amide bonds. The predicted octanol–water partition coefficient (Wildman–Crippen LogP) is 5.38. The van der Waals surface area contributed by atoms with Crippen molar-refractivity contribution in [3.05, 3.63) is 83.1 Å². The van der Waals surface area contributed by atoms with Crippen molar-refractivity contribution >= 4 is 17.5 Å². The minimum Gasteiger partial charge on any atom is -0.478 e. The Morgan fingerprint density at radius 2 is 2.03 bits per heavy atom. The molecule has 0 fully saturated rings. The predicted molar refractivity (Wildman–Crippen MR) is 117 cm³/mol. The van der Waals surface area contributed by atoms with Gasteiger partial charge in [-0.15, -0.1) is 10.2 Å². The normalized spacial score (nSPS) is 12.1. The van der Waals surface area contributed by atoms with Crippen LogP contribution in [0.1, 0.15) is 46.4 Å². The molecule has 1 atom stereocenters. The molecule has 4 rings (SSSR count). The molecule has 4 aromatic rings. The first kappa shape index (κ1) is 21.9. The Bertz CT molecular complexity index is 1220. The molecule has 0 saturated heterocycles. The van der Waals surface area contributed by atoms with Crippen LogP contribution in [0.4, 0.5) is 4.39 Å². The lowest BCUT2D eigenvalue weighted by molar-refractivity contribution is 0.102. The van der Waals surface area contributed by atoms with E-state index in [4.69, 9.17) is 13.6 Å². The minimum absolute atomic E-state index is 0.0378. The molecular formula is C23H22FN3O4S. The SMILES string of the molecule is Cc1cc(C(=O)CSc2nnc([C@H](C)Oc3ccccc3F)o2)c(C)n1Cc1ccco1. The number of carbonyl (C=O) groups is 1. The number of thioether (sulfide) groups is 1. The highest BCUT2D eigenvalue weighted by molar-refractivity contribution is 7.99. The van der Waals surface area contributed by atoms with Gasteiger partial charge in [0.15, 0.2) is 23.5 Å². The molecule has 32 heavy (non-hydrogen) atoms. The first-order valence-corrected chi connectivity index (χ1v) is 11.0. The molecule has 0 aliphatic heterocycles. The van der Waals surface area contributed by atoms with E-state index in [1.807, 2.05) is 36.6 Å². The van der Waals surface area contributed by atoms with Gasteiger partial charge in [0.1, 0.15) is 5.76 Å². The molecule has 0 aliphatic rings. The number of carbonyl (C=O) groups excluding carboxylic acids is 1. The Morgan fingerprint density at radius 3 is 2.78 bits per heavy atom. The number of Topliss-reactive ketones (excluding diaryl/α,β-unsaturated/α-hetero) is 1. The molecule has 0 bridgehead atoms. The van der Waals surface area contributed by atoms with Crippen molar-refractivity contribution < 1.29 is 22.8 Å². The van der Waals surface area contributed by atoms with E-state index in [1.165, 1.54) is 12.1 Å². The van der Waals surface area contributed by atoms with Crippen molar-refractivity contribution in [1.82, 2.24) is 14.8 Å². The van der Waals surface area contributed by atoms with E-state index >= 15 is 0 Å². The summed E-state index contributed by atoms with van der Waals surface area (Å²) in [5.41, 5.74) is 2.51. The van der Waals surface area contributed by atoms with Crippen LogP contribution < -0.4 is 4.74 Å². The second-order valence-corrected chi connectivity index (χ2v) is 8.19. The van der Waals surface area contributed by atoms with Gasteiger partial charge in [0.25, 0.3) is 11.1 Å². The smallest absolute Gasteiger partial charge is 0.277 e. The first-order chi connectivity index (χ1) is 15.4. The van der Waals surface area contributed by atoms with Gasteiger partial charge in [0.2, 0.25) is 0 Å². The van der Waals surface area contributed by atoms with Crippen LogP contribution in [0.25, 0.3) is 0 Å². The molecule has 7 nitrogen and oxygen atoms in total. The molecule has 3 aromatic heterocycles. The van der Waals surface area contributed by atoms with E-state index in [0.717, 1.165) is 28.9 Å². The zero-order valence-electron chi connectivity index (χ0n) is 17.9. The molecule has 1 aromatic carbocycles. The third-order valence-corrected chi connectivity index (χ3v) is 5.82. The number of nitrogens with zero attached hydrogens (tertiary/aromatic N) is 3. The quantitative estimate of drug-likeness (QED) is 0.247. The average Bonchev–Trinajstić information content (AvgIpc) is 3.52. The van der Waals surface area contributed by atoms with Crippen LogP contribution in [0.3, 0.4) is 0 Å². The second-order valence-electron chi connectivity index (χ2n) is 7.26. The van der Waals surface area contributed by atoms with E-state index < -0.39 is 11.9 Å². The van der Waals surface area contributed by atoms with Crippen molar-refractivity contribution in [3.63, 3.8) is 0 Å². The summed E-state index contributed by atoms with van der Waals surface area (Å²) in [6, 6.07) is 11.7. The van der Waals surface area contributed by atoms with Crippen LogP contribution in [0.2, 0.25) is 0 Å². The Morgan fingerprint density at radius 1 is 1.22 bits per heavy atom. The summed E-state index contributed by atoms with van der Waals surface area (Å²) in [7, 11) is 0. The number of ether oxygens (including phenoxy) is 1. The maximum Gasteiger partial charge on any atom is 0.277 e. The summed E-state index contributed by atoms with van der Waals surface area (Å²) in [5.74, 6) is 0.778. The van der Waals surface area contributed by atoms with Crippen LogP contribution in [-0.4, -0.2) is 26.3 Å². The number of halogens is 1. The zero-order valence-corrected chi connectivity index (χ0v) is 18.7. The lowest BCUT2D eigenvalue weighted by atomic mass is 10.2. The summed E-state index contributed by atoms with van der Waals surface area (Å²) >= 11 is 1.15. The minimum atomic E-state index is -0.634. The maximum absolute atomic E-state index is 13.8. The third-order valence-electron chi connectivity index (χ3n) is 5.01. The number of aryl methyl sites for hydroxylation is 1. The van der Waals surface area contributed by atoms with Crippen LogP contribution in [-0.2, 0) is 6.54 Å². The molecule has 166 valence electrons. The number of para-hydroxylation sites is 1. The Kier molecular flexibility index (Phi) is 6.45. The van der Waals surface area contributed by atoms with Crippen molar-refractivity contribution in [1.29, 1.82) is 0 Å². The van der Waals surface area contributed by atoms with E-state index in [1.54, 1.807) is 25.3 Å². The molecule has 0 radical (unpaired) electrons. The van der Waals surface area contributed by atoms with Crippen LogP contribution in [0.15, 0.2) is 62.8 Å². The molecule has 0 saturated carbocycles. The van der Waals surface area contributed by atoms with E-state index in [0.29, 0.717) is 12.1 Å². The molecule has 0 unspecified atom stereocenters. The van der Waals surface area contributed by atoms with Crippen molar-refractivity contribution in [3.8, 4) is 5.75 Å². The highest BCUT2D eigenvalue weighted by Crippen LogP contribution is 2.26. The van der Waals surface area contributed by atoms with Gasteiger partial charge in [-0.05, 0) is 51.1 Å². The summed E-state index contributed by atoms with van der Waals surface area (Å²) in [6.07, 6.45) is 0.998. The van der Waals surface area contributed by atoms with Crippen LogP contribution in [0.5, 0.6) is 5.75 Å². The van der Waals surface area contributed by atoms with E-state index in [9.17, 15) is 9.18 Å². The monoisotopic (exact) mass is 455 g/mol. The Labute approximate surface area is 188 Å². The molecule has 0 N–H and O–H groups in total.